The third-order valence-corrected chi connectivity index (χ3v) is 5.06. The van der Waals surface area contributed by atoms with Gasteiger partial charge in [0.2, 0.25) is 0 Å². The molecule has 1 unspecified atom stereocenters. The first-order valence-electron chi connectivity index (χ1n) is 8.78. The fourth-order valence-electron chi connectivity index (χ4n) is 3.90. The molecule has 0 saturated carbocycles. The Balaban J connectivity index is 1.89. The maximum atomic E-state index is 12.8. The van der Waals surface area contributed by atoms with E-state index in [1.807, 2.05) is 18.2 Å². The summed E-state index contributed by atoms with van der Waals surface area (Å²) in [6.45, 7) is 0. The summed E-state index contributed by atoms with van der Waals surface area (Å²) in [5.74, 6) is -0.361. The van der Waals surface area contributed by atoms with Crippen LogP contribution in [-0.4, -0.2) is 19.9 Å². The van der Waals surface area contributed by atoms with Gasteiger partial charge < -0.3 is 5.32 Å². The van der Waals surface area contributed by atoms with Crippen molar-refractivity contribution in [3.63, 3.8) is 0 Å². The molecule has 1 aliphatic rings. The normalized spacial score (nSPS) is 14.7. The minimum atomic E-state index is -0.634. The molecule has 0 aliphatic carbocycles. The van der Waals surface area contributed by atoms with Crippen LogP contribution in [0.3, 0.4) is 0 Å². The molecular weight excluding hydrogens is 374 g/mol. The van der Waals surface area contributed by atoms with Gasteiger partial charge in [-0.3, -0.25) is 29.9 Å². The molecule has 2 aromatic heterocycles. The van der Waals surface area contributed by atoms with Gasteiger partial charge in [0.25, 0.3) is 11.2 Å². The van der Waals surface area contributed by atoms with Crippen molar-refractivity contribution in [3.05, 3.63) is 102 Å². The molecule has 1 atom stereocenters. The Morgan fingerprint density at radius 1 is 1.00 bits per heavy atom. The second-order valence-electron chi connectivity index (χ2n) is 6.70. The maximum Gasteiger partial charge on any atom is 0.327 e. The van der Waals surface area contributed by atoms with E-state index in [2.05, 4.69) is 20.3 Å². The molecular formula is C20H13N5O4. The third kappa shape index (κ3) is 2.59. The molecule has 0 amide bonds. The number of hydrogen-bond donors (Lipinski definition) is 3. The first-order valence-corrected chi connectivity index (χ1v) is 8.78. The number of rotatable bonds is 2. The molecule has 4 aromatic rings. The number of benzene rings is 2. The topological polar surface area (TPSA) is 134 Å². The van der Waals surface area contributed by atoms with Crippen molar-refractivity contribution in [2.45, 2.75) is 5.92 Å². The van der Waals surface area contributed by atoms with Crippen LogP contribution in [0, 0.1) is 10.1 Å². The standard InChI is InChI=1S/C20H13N5O4/c26-19-17-15(10-3-1-4-11(9-10)25(28)29)16-12-5-2-8-21-13(12)6-7-14(16)22-18(17)23-20(27)24-19/h1-9,15H,(H3,22,23,24,26,27). The molecule has 0 bridgehead atoms. The molecule has 1 aliphatic heterocycles. The Hall–Kier alpha value is -4.27. The van der Waals surface area contributed by atoms with Gasteiger partial charge in [-0.15, -0.1) is 0 Å². The number of fused-ring (bicyclic) bond motifs is 4. The average Bonchev–Trinajstić information content (AvgIpc) is 2.72. The van der Waals surface area contributed by atoms with Crippen LogP contribution in [0.25, 0.3) is 10.9 Å². The highest BCUT2D eigenvalue weighted by Crippen LogP contribution is 2.45. The first kappa shape index (κ1) is 16.9. The van der Waals surface area contributed by atoms with Crippen LogP contribution in [0.15, 0.2) is 64.3 Å². The summed E-state index contributed by atoms with van der Waals surface area (Å²) in [5.41, 5.74) is 1.77. The lowest BCUT2D eigenvalue weighted by molar-refractivity contribution is -0.384. The predicted molar refractivity (Wildman–Crippen MR) is 107 cm³/mol. The molecule has 0 radical (unpaired) electrons. The zero-order valence-electron chi connectivity index (χ0n) is 14.8. The lowest BCUT2D eigenvalue weighted by Gasteiger charge is -2.29. The van der Waals surface area contributed by atoms with Crippen LogP contribution < -0.4 is 16.6 Å². The number of H-pyrrole nitrogens is 2. The van der Waals surface area contributed by atoms with Gasteiger partial charge in [-0.05, 0) is 29.3 Å². The van der Waals surface area contributed by atoms with Crippen LogP contribution in [0.5, 0.6) is 0 Å². The number of nitro benzene ring substituents is 1. The predicted octanol–water partition coefficient (Wildman–Crippen LogP) is 2.76. The number of nitrogens with zero attached hydrogens (tertiary/aromatic N) is 2. The fraction of sp³-hybridized carbons (Fsp3) is 0.0500. The van der Waals surface area contributed by atoms with Gasteiger partial charge in [0.15, 0.2) is 0 Å². The lowest BCUT2D eigenvalue weighted by Crippen LogP contribution is -2.32. The van der Waals surface area contributed by atoms with Gasteiger partial charge in [-0.2, -0.15) is 0 Å². The highest BCUT2D eigenvalue weighted by Gasteiger charge is 2.33. The third-order valence-electron chi connectivity index (χ3n) is 5.06. The van der Waals surface area contributed by atoms with Gasteiger partial charge in [-0.1, -0.05) is 18.2 Å². The maximum absolute atomic E-state index is 12.8. The molecule has 0 saturated heterocycles. The van der Waals surface area contributed by atoms with Crippen molar-refractivity contribution in [3.8, 4) is 0 Å². The van der Waals surface area contributed by atoms with E-state index >= 15 is 0 Å². The number of anilines is 2. The fourth-order valence-corrected chi connectivity index (χ4v) is 3.90. The second kappa shape index (κ2) is 6.13. The van der Waals surface area contributed by atoms with E-state index in [1.165, 1.54) is 12.1 Å². The highest BCUT2D eigenvalue weighted by molar-refractivity contribution is 5.92. The van der Waals surface area contributed by atoms with Gasteiger partial charge in [-0.25, -0.2) is 4.79 Å². The molecule has 0 spiro atoms. The minimum Gasteiger partial charge on any atom is -0.341 e. The molecule has 2 aromatic carbocycles. The van der Waals surface area contributed by atoms with Gasteiger partial charge >= 0.3 is 5.69 Å². The summed E-state index contributed by atoms with van der Waals surface area (Å²) in [7, 11) is 0. The first-order chi connectivity index (χ1) is 14.0. The van der Waals surface area contributed by atoms with E-state index in [-0.39, 0.29) is 17.1 Å². The van der Waals surface area contributed by atoms with E-state index < -0.39 is 22.1 Å². The van der Waals surface area contributed by atoms with E-state index in [4.69, 9.17) is 0 Å². The summed E-state index contributed by atoms with van der Waals surface area (Å²) in [6, 6.07) is 13.5. The zero-order valence-corrected chi connectivity index (χ0v) is 14.8. The number of aromatic amines is 2. The summed E-state index contributed by atoms with van der Waals surface area (Å²) in [5, 5.41) is 15.2. The van der Waals surface area contributed by atoms with Crippen molar-refractivity contribution in [2.75, 3.05) is 5.32 Å². The molecule has 3 heterocycles. The van der Waals surface area contributed by atoms with Crippen molar-refractivity contribution in [1.82, 2.24) is 15.0 Å². The zero-order chi connectivity index (χ0) is 20.1. The Bertz CT molecular complexity index is 1420. The Morgan fingerprint density at radius 3 is 2.69 bits per heavy atom. The van der Waals surface area contributed by atoms with Crippen molar-refractivity contribution in [2.24, 2.45) is 0 Å². The summed E-state index contributed by atoms with van der Waals surface area (Å²) >= 11 is 0. The smallest absolute Gasteiger partial charge is 0.327 e. The lowest BCUT2D eigenvalue weighted by atomic mass is 9.80. The Morgan fingerprint density at radius 2 is 1.86 bits per heavy atom. The van der Waals surface area contributed by atoms with Crippen LogP contribution >= 0.6 is 0 Å². The number of non-ortho nitro benzene ring substituents is 1. The quantitative estimate of drug-likeness (QED) is 0.315. The highest BCUT2D eigenvalue weighted by atomic mass is 16.6. The molecule has 5 rings (SSSR count). The molecule has 3 N–H and O–H groups in total. The number of aromatic nitrogens is 3. The van der Waals surface area contributed by atoms with Gasteiger partial charge in [0, 0.05) is 35.3 Å². The molecule has 0 fully saturated rings. The van der Waals surface area contributed by atoms with Crippen molar-refractivity contribution >= 4 is 28.1 Å². The number of nitrogens with one attached hydrogen (secondary N) is 3. The molecule has 9 nitrogen and oxygen atoms in total. The summed E-state index contributed by atoms with van der Waals surface area (Å²) < 4.78 is 0. The van der Waals surface area contributed by atoms with Crippen LogP contribution in [0.1, 0.15) is 22.6 Å². The largest absolute Gasteiger partial charge is 0.341 e. The number of nitro groups is 1. The van der Waals surface area contributed by atoms with Crippen LogP contribution in [-0.2, 0) is 0 Å². The van der Waals surface area contributed by atoms with E-state index in [1.54, 1.807) is 24.4 Å². The summed E-state index contributed by atoms with van der Waals surface area (Å²) in [4.78, 5) is 44.7. The van der Waals surface area contributed by atoms with Crippen LogP contribution in [0.2, 0.25) is 0 Å². The van der Waals surface area contributed by atoms with E-state index in [0.717, 1.165) is 16.5 Å². The van der Waals surface area contributed by atoms with Crippen molar-refractivity contribution in [1.29, 1.82) is 0 Å². The second-order valence-corrected chi connectivity index (χ2v) is 6.70. The SMILES string of the molecule is O=c1[nH]c2c(c(=O)[nH]1)C(c1cccc([N+](=O)[O-])c1)c1c(ccc3ncccc13)N2. The van der Waals surface area contributed by atoms with Crippen LogP contribution in [0.4, 0.5) is 17.2 Å². The molecule has 142 valence electrons. The molecule has 29 heavy (non-hydrogen) atoms. The van der Waals surface area contributed by atoms with E-state index in [9.17, 15) is 19.7 Å². The Labute approximate surface area is 162 Å². The average molecular weight is 387 g/mol. The minimum absolute atomic E-state index is 0.0802. The molecule has 9 heteroatoms. The van der Waals surface area contributed by atoms with Gasteiger partial charge in [0.1, 0.15) is 5.82 Å². The Kier molecular flexibility index (Phi) is 3.56. The van der Waals surface area contributed by atoms with Gasteiger partial charge in [0.05, 0.1) is 16.0 Å². The monoisotopic (exact) mass is 387 g/mol. The van der Waals surface area contributed by atoms with Crippen molar-refractivity contribution < 1.29 is 4.92 Å². The number of pyridine rings is 1. The summed E-state index contributed by atoms with van der Waals surface area (Å²) in [6.07, 6.45) is 1.67. The van der Waals surface area contributed by atoms with E-state index in [0.29, 0.717) is 11.3 Å². The number of hydrogen-bond acceptors (Lipinski definition) is 6.